The van der Waals surface area contributed by atoms with Crippen molar-refractivity contribution in [3.05, 3.63) is 11.6 Å². The maximum absolute atomic E-state index is 11.5. The molecule has 1 spiro atoms. The minimum Gasteiger partial charge on any atom is -0.450 e. The molecule has 0 radical (unpaired) electrons. The predicted molar refractivity (Wildman–Crippen MR) is 55.7 cm³/mol. The third-order valence-corrected chi connectivity index (χ3v) is 4.76. The quantitative estimate of drug-likeness (QED) is 0.594. The van der Waals surface area contributed by atoms with Crippen LogP contribution in [-0.2, 0) is 9.53 Å². The second-order valence-electron chi connectivity index (χ2n) is 5.42. The Hall–Kier alpha value is -0.870. The molecule has 2 bridgehead atoms. The number of carbonyl (C=O) groups is 1. The summed E-state index contributed by atoms with van der Waals surface area (Å²) >= 11 is 0. The topological polar surface area (TPSA) is 49.8 Å². The zero-order valence-corrected chi connectivity index (χ0v) is 9.06. The van der Waals surface area contributed by atoms with Crippen LogP contribution in [0.4, 0.5) is 0 Å². The van der Waals surface area contributed by atoms with E-state index in [9.17, 15) is 9.90 Å². The molecule has 4 heteroatoms. The minimum atomic E-state index is -0.364. The van der Waals surface area contributed by atoms with Gasteiger partial charge < -0.3 is 9.84 Å². The molecule has 0 unspecified atom stereocenters. The Morgan fingerprint density at radius 1 is 1.56 bits per heavy atom. The lowest BCUT2D eigenvalue weighted by atomic mass is 9.76. The molecule has 0 amide bonds. The highest BCUT2D eigenvalue weighted by molar-refractivity contribution is 5.87. The van der Waals surface area contributed by atoms with Crippen LogP contribution in [-0.4, -0.2) is 46.3 Å². The summed E-state index contributed by atoms with van der Waals surface area (Å²) in [5, 5.41) is 10.1. The third kappa shape index (κ3) is 0.870. The van der Waals surface area contributed by atoms with E-state index in [1.807, 2.05) is 0 Å². The first-order chi connectivity index (χ1) is 7.71. The number of nitrogens with zero attached hydrogens (tertiary/aromatic N) is 1. The monoisotopic (exact) mass is 221 g/mol. The number of rotatable bonds is 0. The van der Waals surface area contributed by atoms with E-state index in [4.69, 9.17) is 4.74 Å². The highest BCUT2D eigenvalue weighted by atomic mass is 16.6. The molecule has 3 fully saturated rings. The van der Waals surface area contributed by atoms with E-state index in [1.54, 1.807) is 6.08 Å². The normalized spacial score (nSPS) is 49.9. The van der Waals surface area contributed by atoms with Crippen molar-refractivity contribution in [2.75, 3.05) is 6.54 Å². The lowest BCUT2D eigenvalue weighted by molar-refractivity contribution is -0.148. The first kappa shape index (κ1) is 9.19. The number of aliphatic hydroxyl groups is 1. The van der Waals surface area contributed by atoms with E-state index in [2.05, 4.69) is 4.90 Å². The predicted octanol–water partition coefficient (Wildman–Crippen LogP) is 0.210. The standard InChI is InChI=1S/C12H15NO3/c14-9-4-7-5-11(15)16-12(7)6-8(9)13-3-1-2-10(12)13/h5,8-10,14H,1-4,6H2/t8-,9+,10+,12-/m0/s1. The van der Waals surface area contributed by atoms with Crippen LogP contribution in [0.15, 0.2) is 11.6 Å². The summed E-state index contributed by atoms with van der Waals surface area (Å²) in [7, 11) is 0. The molecule has 1 N–H and O–H groups in total. The highest BCUT2D eigenvalue weighted by Gasteiger charge is 2.64. The summed E-state index contributed by atoms with van der Waals surface area (Å²) in [5.74, 6) is -0.211. The van der Waals surface area contributed by atoms with Crippen LogP contribution in [0.2, 0.25) is 0 Å². The zero-order valence-electron chi connectivity index (χ0n) is 9.06. The fourth-order valence-corrected chi connectivity index (χ4v) is 4.19. The Kier molecular flexibility index (Phi) is 1.54. The first-order valence-electron chi connectivity index (χ1n) is 6.08. The van der Waals surface area contributed by atoms with E-state index < -0.39 is 0 Å². The van der Waals surface area contributed by atoms with E-state index >= 15 is 0 Å². The van der Waals surface area contributed by atoms with Gasteiger partial charge in [-0.3, -0.25) is 4.90 Å². The molecule has 4 aliphatic rings. The molecule has 1 aliphatic carbocycles. The molecular weight excluding hydrogens is 206 g/mol. The van der Waals surface area contributed by atoms with E-state index in [1.165, 1.54) is 0 Å². The van der Waals surface area contributed by atoms with Gasteiger partial charge in [-0.2, -0.15) is 0 Å². The van der Waals surface area contributed by atoms with Crippen LogP contribution in [0.1, 0.15) is 25.7 Å². The summed E-state index contributed by atoms with van der Waals surface area (Å²) in [6.45, 7) is 1.04. The van der Waals surface area contributed by atoms with E-state index in [0.29, 0.717) is 12.5 Å². The van der Waals surface area contributed by atoms with Crippen molar-refractivity contribution in [2.24, 2.45) is 0 Å². The number of fused-ring (bicyclic) bond motifs is 3. The molecular formula is C12H15NO3. The first-order valence-corrected chi connectivity index (χ1v) is 6.08. The lowest BCUT2D eigenvalue weighted by Crippen LogP contribution is -2.44. The van der Waals surface area contributed by atoms with Gasteiger partial charge in [-0.15, -0.1) is 0 Å². The molecule has 0 aromatic rings. The van der Waals surface area contributed by atoms with Crippen LogP contribution in [0, 0.1) is 0 Å². The largest absolute Gasteiger partial charge is 0.450 e. The molecule has 4 atom stereocenters. The van der Waals surface area contributed by atoms with Gasteiger partial charge in [-0.1, -0.05) is 0 Å². The van der Waals surface area contributed by atoms with Gasteiger partial charge in [0.05, 0.1) is 12.1 Å². The van der Waals surface area contributed by atoms with Crippen molar-refractivity contribution in [3.8, 4) is 0 Å². The van der Waals surface area contributed by atoms with Crippen LogP contribution in [0.3, 0.4) is 0 Å². The van der Waals surface area contributed by atoms with E-state index in [0.717, 1.165) is 31.4 Å². The summed E-state index contributed by atoms with van der Waals surface area (Å²) < 4.78 is 5.62. The smallest absolute Gasteiger partial charge is 0.331 e. The molecule has 0 aromatic carbocycles. The molecule has 3 aliphatic heterocycles. The summed E-state index contributed by atoms with van der Waals surface area (Å²) in [6.07, 6.45) is 4.95. The molecule has 1 saturated carbocycles. The van der Waals surface area contributed by atoms with Crippen LogP contribution >= 0.6 is 0 Å². The van der Waals surface area contributed by atoms with Crippen LogP contribution in [0.25, 0.3) is 0 Å². The van der Waals surface area contributed by atoms with Crippen molar-refractivity contribution in [1.82, 2.24) is 4.90 Å². The summed E-state index contributed by atoms with van der Waals surface area (Å²) in [6, 6.07) is 0.530. The van der Waals surface area contributed by atoms with Gasteiger partial charge in [0.15, 0.2) is 5.60 Å². The second-order valence-corrected chi connectivity index (χ2v) is 5.42. The number of hydrogen-bond acceptors (Lipinski definition) is 4. The maximum atomic E-state index is 11.5. The number of ether oxygens (including phenoxy) is 1. The SMILES string of the molecule is O=C1C=C2C[C@@H](O)[C@@H]3C[C@@]2(O1)[C@H]1CCCN31. The average Bonchev–Trinajstić information content (AvgIpc) is 2.83. The summed E-state index contributed by atoms with van der Waals surface area (Å²) in [4.78, 5) is 13.9. The van der Waals surface area contributed by atoms with Crippen LogP contribution in [0.5, 0.6) is 0 Å². The van der Waals surface area contributed by atoms with Crippen molar-refractivity contribution >= 4 is 5.97 Å². The number of aliphatic hydroxyl groups excluding tert-OH is 1. The lowest BCUT2D eigenvalue weighted by Gasteiger charge is -2.34. The Morgan fingerprint density at radius 3 is 3.31 bits per heavy atom. The van der Waals surface area contributed by atoms with Gasteiger partial charge >= 0.3 is 5.97 Å². The molecule has 2 saturated heterocycles. The molecule has 86 valence electrons. The number of carbonyl (C=O) groups excluding carboxylic acids is 1. The Bertz CT molecular complexity index is 405. The van der Waals surface area contributed by atoms with Gasteiger partial charge in [-0.25, -0.2) is 4.79 Å². The molecule has 16 heavy (non-hydrogen) atoms. The minimum absolute atomic E-state index is 0.204. The molecule has 4 nitrogen and oxygen atoms in total. The van der Waals surface area contributed by atoms with Gasteiger partial charge in [0, 0.05) is 25.0 Å². The van der Waals surface area contributed by atoms with Crippen molar-refractivity contribution in [1.29, 1.82) is 0 Å². The second kappa shape index (κ2) is 2.68. The van der Waals surface area contributed by atoms with Crippen LogP contribution < -0.4 is 0 Å². The highest BCUT2D eigenvalue weighted by Crippen LogP contribution is 2.54. The summed E-state index contributed by atoms with van der Waals surface area (Å²) in [5.41, 5.74) is 0.674. The average molecular weight is 221 g/mol. The molecule has 3 heterocycles. The maximum Gasteiger partial charge on any atom is 0.331 e. The van der Waals surface area contributed by atoms with Crippen molar-refractivity contribution in [2.45, 2.75) is 49.5 Å². The van der Waals surface area contributed by atoms with Crippen molar-refractivity contribution in [3.63, 3.8) is 0 Å². The van der Waals surface area contributed by atoms with Gasteiger partial charge in [0.25, 0.3) is 0 Å². The van der Waals surface area contributed by atoms with Gasteiger partial charge in [-0.05, 0) is 25.0 Å². The Morgan fingerprint density at radius 2 is 2.44 bits per heavy atom. The van der Waals surface area contributed by atoms with Crippen molar-refractivity contribution < 1.29 is 14.6 Å². The van der Waals surface area contributed by atoms with Gasteiger partial charge in [0.1, 0.15) is 0 Å². The Labute approximate surface area is 93.9 Å². The molecule has 4 rings (SSSR count). The number of esters is 1. The zero-order chi connectivity index (χ0) is 10.9. The number of hydrogen-bond donors (Lipinski definition) is 1. The Balaban J connectivity index is 1.85. The fourth-order valence-electron chi connectivity index (χ4n) is 4.19. The third-order valence-electron chi connectivity index (χ3n) is 4.76. The molecule has 0 aromatic heterocycles. The van der Waals surface area contributed by atoms with Gasteiger partial charge in [0.2, 0.25) is 0 Å². The van der Waals surface area contributed by atoms with E-state index in [-0.39, 0.29) is 23.7 Å². The fraction of sp³-hybridized carbons (Fsp3) is 0.750.